The van der Waals surface area contributed by atoms with Crippen LogP contribution < -0.4 is 9.80 Å². The van der Waals surface area contributed by atoms with Gasteiger partial charge in [-0.25, -0.2) is 4.85 Å². The summed E-state index contributed by atoms with van der Waals surface area (Å²) in [5.74, 6) is 0. The zero-order valence-electron chi connectivity index (χ0n) is 32.7. The summed E-state index contributed by atoms with van der Waals surface area (Å²) in [6, 6.07) is 73.0. The summed E-state index contributed by atoms with van der Waals surface area (Å²) in [6.45, 7) is 8.08. The molecular weight excluding hydrogens is 729 g/mol. The van der Waals surface area contributed by atoms with Gasteiger partial charge in [0.1, 0.15) is 0 Å². The van der Waals surface area contributed by atoms with Crippen molar-refractivity contribution in [3.63, 3.8) is 0 Å². The van der Waals surface area contributed by atoms with E-state index in [1.165, 1.54) is 0 Å². The molecule has 4 heteroatoms. The first-order valence-electron chi connectivity index (χ1n) is 19.8. The van der Waals surface area contributed by atoms with E-state index >= 15 is 0 Å². The zero-order valence-corrected chi connectivity index (χ0v) is 32.7. The quantitative estimate of drug-likeness (QED) is 0.0790. The van der Waals surface area contributed by atoms with Gasteiger partial charge in [-0.15, -0.1) is 0 Å². The van der Waals surface area contributed by atoms with Crippen LogP contribution in [-0.2, 0) is 0 Å². The van der Waals surface area contributed by atoms with Gasteiger partial charge in [0.15, 0.2) is 5.69 Å². The second kappa shape index (κ2) is 17.0. The molecule has 282 valence electrons. The average Bonchev–Trinajstić information content (AvgIpc) is 3.31. The second-order valence-electron chi connectivity index (χ2n) is 14.5. The van der Waals surface area contributed by atoms with Crippen molar-refractivity contribution >= 4 is 85.7 Å². The van der Waals surface area contributed by atoms with Gasteiger partial charge < -0.3 is 9.80 Å². The first-order chi connectivity index (χ1) is 29.6. The molecule has 0 saturated carbocycles. The minimum Gasteiger partial charge on any atom is -0.311 e. The molecule has 0 N–H and O–H groups in total. The van der Waals surface area contributed by atoms with E-state index < -0.39 is 0 Å². The van der Waals surface area contributed by atoms with Gasteiger partial charge in [-0.3, -0.25) is 0 Å². The minimum atomic E-state index is 0.574. The van der Waals surface area contributed by atoms with E-state index in [2.05, 4.69) is 191 Å². The number of rotatable bonds is 10. The van der Waals surface area contributed by atoms with Crippen LogP contribution in [0.25, 0.3) is 50.7 Å². The standard InChI is InChI=1S/C56H38N4/c1-58-56-37-44(25-23-42-28-32-53(33-29-42)60(50-18-10-4-11-19-50)51-20-12-5-13-21-51)35-46-38-54-45(39-55(46)56)34-43(36-47(54)40-57)24-22-41-26-30-52(31-27-41)59(48-14-6-2-7-15-48)49-16-8-3-9-17-49/h2-39H. The normalized spacial score (nSPS) is 11.2. The zero-order chi connectivity index (χ0) is 40.7. The molecule has 9 rings (SSSR count). The van der Waals surface area contributed by atoms with Gasteiger partial charge in [-0.1, -0.05) is 127 Å². The number of benzene rings is 9. The molecule has 0 heterocycles. The molecule has 0 atom stereocenters. The number of nitriles is 1. The van der Waals surface area contributed by atoms with Gasteiger partial charge in [-0.2, -0.15) is 5.26 Å². The van der Waals surface area contributed by atoms with Crippen molar-refractivity contribution in [2.75, 3.05) is 9.80 Å². The Kier molecular flexibility index (Phi) is 10.5. The Morgan fingerprint density at radius 1 is 0.383 bits per heavy atom. The summed E-state index contributed by atoms with van der Waals surface area (Å²) in [5, 5.41) is 13.9. The third kappa shape index (κ3) is 7.91. The van der Waals surface area contributed by atoms with Gasteiger partial charge in [0.2, 0.25) is 0 Å². The molecule has 0 aliphatic carbocycles. The highest BCUT2D eigenvalue weighted by Gasteiger charge is 2.14. The van der Waals surface area contributed by atoms with Crippen LogP contribution in [0.1, 0.15) is 27.8 Å². The van der Waals surface area contributed by atoms with Gasteiger partial charge in [-0.05, 0) is 142 Å². The van der Waals surface area contributed by atoms with Crippen LogP contribution in [0.5, 0.6) is 0 Å². The number of anilines is 6. The van der Waals surface area contributed by atoms with Gasteiger partial charge in [0.05, 0.1) is 18.2 Å². The summed E-state index contributed by atoms with van der Waals surface area (Å²) in [7, 11) is 0. The van der Waals surface area contributed by atoms with Crippen LogP contribution in [0.2, 0.25) is 0 Å². The predicted octanol–water partition coefficient (Wildman–Crippen LogP) is 15.7. The summed E-state index contributed by atoms with van der Waals surface area (Å²) in [4.78, 5) is 8.41. The lowest BCUT2D eigenvalue weighted by Gasteiger charge is -2.25. The van der Waals surface area contributed by atoms with E-state index in [1.807, 2.05) is 60.7 Å². The van der Waals surface area contributed by atoms with Crippen molar-refractivity contribution in [2.24, 2.45) is 0 Å². The van der Waals surface area contributed by atoms with Crippen LogP contribution in [0, 0.1) is 17.9 Å². The minimum absolute atomic E-state index is 0.574. The molecule has 9 aromatic carbocycles. The fourth-order valence-electron chi connectivity index (χ4n) is 7.68. The van der Waals surface area contributed by atoms with Crippen LogP contribution in [0.4, 0.5) is 39.8 Å². The van der Waals surface area contributed by atoms with Crippen molar-refractivity contribution < 1.29 is 0 Å². The molecule has 0 aliphatic rings. The lowest BCUT2D eigenvalue weighted by molar-refractivity contribution is 1.28. The fourth-order valence-corrected chi connectivity index (χ4v) is 7.68. The van der Waals surface area contributed by atoms with Crippen LogP contribution >= 0.6 is 0 Å². The Morgan fingerprint density at radius 3 is 1.13 bits per heavy atom. The topological polar surface area (TPSA) is 34.6 Å². The molecule has 0 saturated heterocycles. The molecule has 4 nitrogen and oxygen atoms in total. The largest absolute Gasteiger partial charge is 0.311 e. The molecule has 0 aliphatic heterocycles. The summed E-state index contributed by atoms with van der Waals surface area (Å²) >= 11 is 0. The van der Waals surface area contributed by atoms with Crippen LogP contribution in [-0.4, -0.2) is 0 Å². The van der Waals surface area contributed by atoms with E-state index in [9.17, 15) is 5.26 Å². The lowest BCUT2D eigenvalue weighted by Crippen LogP contribution is -2.09. The maximum absolute atomic E-state index is 10.3. The Balaban J connectivity index is 0.972. The Bertz CT molecular complexity index is 2780. The van der Waals surface area contributed by atoms with E-state index in [1.54, 1.807) is 0 Å². The molecule has 9 aromatic rings. The number of nitrogens with zero attached hydrogens (tertiary/aromatic N) is 4. The Labute approximate surface area is 350 Å². The monoisotopic (exact) mass is 766 g/mol. The van der Waals surface area contributed by atoms with Gasteiger partial charge in [0, 0.05) is 39.5 Å². The summed E-state index contributed by atoms with van der Waals surface area (Å²) in [6.07, 6.45) is 8.24. The van der Waals surface area contributed by atoms with Crippen molar-refractivity contribution in [2.45, 2.75) is 0 Å². The smallest absolute Gasteiger partial charge is 0.195 e. The maximum atomic E-state index is 10.3. The van der Waals surface area contributed by atoms with Crippen LogP contribution in [0.15, 0.2) is 206 Å². The van der Waals surface area contributed by atoms with Crippen molar-refractivity contribution in [1.82, 2.24) is 0 Å². The van der Waals surface area contributed by atoms with E-state index in [0.717, 1.165) is 77.9 Å². The van der Waals surface area contributed by atoms with Gasteiger partial charge >= 0.3 is 0 Å². The first kappa shape index (κ1) is 37.2. The highest BCUT2D eigenvalue weighted by Crippen LogP contribution is 2.37. The predicted molar refractivity (Wildman–Crippen MR) is 253 cm³/mol. The van der Waals surface area contributed by atoms with Crippen LogP contribution in [0.3, 0.4) is 0 Å². The van der Waals surface area contributed by atoms with Crippen molar-refractivity contribution in [1.29, 1.82) is 5.26 Å². The molecule has 60 heavy (non-hydrogen) atoms. The first-order valence-corrected chi connectivity index (χ1v) is 19.8. The van der Waals surface area contributed by atoms with E-state index in [0.29, 0.717) is 11.3 Å². The Hall–Kier alpha value is -8.44. The molecule has 0 spiro atoms. The maximum Gasteiger partial charge on any atom is 0.195 e. The highest BCUT2D eigenvalue weighted by molar-refractivity contribution is 6.07. The van der Waals surface area contributed by atoms with E-state index in [4.69, 9.17) is 6.57 Å². The molecule has 0 radical (unpaired) electrons. The van der Waals surface area contributed by atoms with E-state index in [-0.39, 0.29) is 0 Å². The van der Waals surface area contributed by atoms with Crippen molar-refractivity contribution in [3.8, 4) is 6.07 Å². The van der Waals surface area contributed by atoms with Crippen molar-refractivity contribution in [3.05, 3.63) is 245 Å². The summed E-state index contributed by atoms with van der Waals surface area (Å²) in [5.41, 5.74) is 11.6. The molecule has 0 fully saturated rings. The molecule has 0 bridgehead atoms. The number of fused-ring (bicyclic) bond motifs is 2. The number of para-hydroxylation sites is 4. The molecule has 0 amide bonds. The molecular formula is C56H38N4. The fraction of sp³-hybridized carbons (Fsp3) is 0. The SMILES string of the molecule is [C-]#[N+]c1cc(C=Cc2ccc(N(c3ccccc3)c3ccccc3)cc2)cc2cc3c(C#N)cc(C=Cc4ccc(N(c5ccccc5)c5ccccc5)cc4)cc3cc12. The third-order valence-corrected chi connectivity index (χ3v) is 10.6. The molecule has 0 aromatic heterocycles. The molecule has 0 unspecified atom stereocenters. The summed E-state index contributed by atoms with van der Waals surface area (Å²) < 4.78 is 0. The Morgan fingerprint density at radius 2 is 0.733 bits per heavy atom. The third-order valence-electron chi connectivity index (χ3n) is 10.6. The second-order valence-corrected chi connectivity index (χ2v) is 14.5. The lowest BCUT2D eigenvalue weighted by atomic mass is 9.95. The highest BCUT2D eigenvalue weighted by atomic mass is 15.1. The average molecular weight is 767 g/mol. The number of hydrogen-bond donors (Lipinski definition) is 0. The van der Waals surface area contributed by atoms with Gasteiger partial charge in [0.25, 0.3) is 0 Å². The number of hydrogen-bond acceptors (Lipinski definition) is 3.